The maximum atomic E-state index is 5.81. The Kier molecular flexibility index (Phi) is 5.89. The topological polar surface area (TPSA) is 77.8 Å². The Hall–Kier alpha value is -0.790. The van der Waals surface area contributed by atoms with Crippen LogP contribution in [-0.4, -0.2) is 21.7 Å². The van der Waals surface area contributed by atoms with Crippen LogP contribution < -0.4 is 5.73 Å². The van der Waals surface area contributed by atoms with Crippen molar-refractivity contribution in [3.63, 3.8) is 0 Å². The van der Waals surface area contributed by atoms with Gasteiger partial charge >= 0.3 is 0 Å². The predicted octanol–water partition coefficient (Wildman–Crippen LogP) is 3.82. The molecule has 0 spiro atoms. The lowest BCUT2D eigenvalue weighted by Gasteiger charge is -2.14. The molecule has 2 aromatic rings. The largest absolute Gasteiger partial charge is 0.339 e. The van der Waals surface area contributed by atoms with Crippen molar-refractivity contribution in [3.8, 4) is 11.5 Å². The average Bonchev–Trinajstić information content (AvgIpc) is 2.85. The van der Waals surface area contributed by atoms with Crippen LogP contribution in [-0.2, 0) is 6.42 Å². The number of pyridine rings is 1. The molecule has 0 bridgehead atoms. The van der Waals surface area contributed by atoms with E-state index in [-0.39, 0.29) is 0 Å². The SMILES string of the molecule is CC(C)CC(CN)Cc1nc(-c2ncc(Br)cc2Br)no1. The first-order valence-corrected chi connectivity index (χ1v) is 8.42. The van der Waals surface area contributed by atoms with E-state index >= 15 is 0 Å². The highest BCUT2D eigenvalue weighted by Gasteiger charge is 2.17. The van der Waals surface area contributed by atoms with Gasteiger partial charge in [0, 0.05) is 21.6 Å². The summed E-state index contributed by atoms with van der Waals surface area (Å²) in [6.45, 7) is 4.99. The zero-order valence-corrected chi connectivity index (χ0v) is 15.2. The molecule has 1 atom stereocenters. The standard InChI is InChI=1S/C14H18Br2N4O/c1-8(2)3-9(6-17)4-12-19-14(20-21-12)13-11(16)5-10(15)7-18-13/h5,7-9H,3-4,6,17H2,1-2H3. The van der Waals surface area contributed by atoms with E-state index in [1.807, 2.05) is 6.07 Å². The normalized spacial score (nSPS) is 12.9. The van der Waals surface area contributed by atoms with Gasteiger partial charge < -0.3 is 10.3 Å². The minimum absolute atomic E-state index is 0.361. The molecule has 0 aliphatic carbocycles. The van der Waals surface area contributed by atoms with Crippen LogP contribution in [0, 0.1) is 11.8 Å². The van der Waals surface area contributed by atoms with Crippen LogP contribution in [0.4, 0.5) is 0 Å². The first-order valence-electron chi connectivity index (χ1n) is 6.83. The number of hydrogen-bond acceptors (Lipinski definition) is 5. The summed E-state index contributed by atoms with van der Waals surface area (Å²) in [6.07, 6.45) is 3.46. The molecule has 0 aliphatic rings. The Labute approximate surface area is 141 Å². The lowest BCUT2D eigenvalue weighted by molar-refractivity contribution is 0.332. The van der Waals surface area contributed by atoms with Gasteiger partial charge in [0.15, 0.2) is 0 Å². The third kappa shape index (κ3) is 4.59. The summed E-state index contributed by atoms with van der Waals surface area (Å²) in [6, 6.07) is 1.90. The second kappa shape index (κ2) is 7.47. The summed E-state index contributed by atoms with van der Waals surface area (Å²) in [5.41, 5.74) is 6.48. The van der Waals surface area contributed by atoms with Crippen LogP contribution in [0.15, 0.2) is 25.7 Å². The fourth-order valence-corrected chi connectivity index (χ4v) is 3.35. The predicted molar refractivity (Wildman–Crippen MR) is 88.6 cm³/mol. The van der Waals surface area contributed by atoms with E-state index in [9.17, 15) is 0 Å². The molecule has 0 amide bonds. The average molecular weight is 418 g/mol. The highest BCUT2D eigenvalue weighted by molar-refractivity contribution is 9.11. The van der Waals surface area contributed by atoms with Crippen molar-refractivity contribution < 1.29 is 4.52 Å². The van der Waals surface area contributed by atoms with Crippen molar-refractivity contribution in [1.29, 1.82) is 0 Å². The molecular formula is C14H18Br2N4O. The van der Waals surface area contributed by atoms with Gasteiger partial charge in [0.25, 0.3) is 0 Å². The first-order chi connectivity index (χ1) is 9.99. The van der Waals surface area contributed by atoms with Crippen LogP contribution in [0.1, 0.15) is 26.2 Å². The Balaban J connectivity index is 2.14. The summed E-state index contributed by atoms with van der Waals surface area (Å²) in [7, 11) is 0. The molecule has 21 heavy (non-hydrogen) atoms. The Morgan fingerprint density at radius 1 is 1.33 bits per heavy atom. The molecule has 114 valence electrons. The van der Waals surface area contributed by atoms with Crippen molar-refractivity contribution in [3.05, 3.63) is 27.1 Å². The molecular weight excluding hydrogens is 400 g/mol. The van der Waals surface area contributed by atoms with E-state index in [1.165, 1.54) is 0 Å². The molecule has 0 aliphatic heterocycles. The van der Waals surface area contributed by atoms with Gasteiger partial charge in [-0.05, 0) is 62.7 Å². The van der Waals surface area contributed by atoms with Crippen LogP contribution in [0.25, 0.3) is 11.5 Å². The molecule has 0 aromatic carbocycles. The quantitative estimate of drug-likeness (QED) is 0.772. The van der Waals surface area contributed by atoms with Gasteiger partial charge in [-0.3, -0.25) is 4.98 Å². The number of nitrogens with two attached hydrogens (primary N) is 1. The number of aromatic nitrogens is 3. The maximum absolute atomic E-state index is 5.81. The Bertz CT molecular complexity index is 600. The van der Waals surface area contributed by atoms with Gasteiger partial charge in [-0.25, -0.2) is 0 Å². The number of hydrogen-bond donors (Lipinski definition) is 1. The first kappa shape index (κ1) is 16.6. The van der Waals surface area contributed by atoms with E-state index in [0.29, 0.717) is 42.2 Å². The lowest BCUT2D eigenvalue weighted by atomic mass is 9.94. The lowest BCUT2D eigenvalue weighted by Crippen LogP contribution is -2.19. The van der Waals surface area contributed by atoms with Crippen LogP contribution in [0.2, 0.25) is 0 Å². The highest BCUT2D eigenvalue weighted by Crippen LogP contribution is 2.27. The summed E-state index contributed by atoms with van der Waals surface area (Å²) in [5.74, 6) is 2.06. The highest BCUT2D eigenvalue weighted by atomic mass is 79.9. The molecule has 0 fully saturated rings. The zero-order chi connectivity index (χ0) is 15.4. The molecule has 1 unspecified atom stereocenters. The molecule has 0 saturated carbocycles. The maximum Gasteiger partial charge on any atom is 0.227 e. The summed E-state index contributed by atoms with van der Waals surface area (Å²) in [4.78, 5) is 8.73. The Morgan fingerprint density at radius 2 is 2.10 bits per heavy atom. The molecule has 2 aromatic heterocycles. The van der Waals surface area contributed by atoms with Crippen molar-refractivity contribution in [2.24, 2.45) is 17.6 Å². The van der Waals surface area contributed by atoms with Crippen molar-refractivity contribution in [2.45, 2.75) is 26.7 Å². The molecule has 2 N–H and O–H groups in total. The van der Waals surface area contributed by atoms with Gasteiger partial charge in [-0.15, -0.1) is 0 Å². The molecule has 2 rings (SSSR count). The fourth-order valence-electron chi connectivity index (χ4n) is 2.19. The summed E-state index contributed by atoms with van der Waals surface area (Å²) >= 11 is 6.82. The van der Waals surface area contributed by atoms with E-state index < -0.39 is 0 Å². The molecule has 2 heterocycles. The fraction of sp³-hybridized carbons (Fsp3) is 0.500. The van der Waals surface area contributed by atoms with Gasteiger partial charge in [-0.1, -0.05) is 19.0 Å². The smallest absolute Gasteiger partial charge is 0.227 e. The molecule has 7 heteroatoms. The molecule has 0 radical (unpaired) electrons. The van der Waals surface area contributed by atoms with Crippen molar-refractivity contribution in [2.75, 3.05) is 6.54 Å². The molecule has 5 nitrogen and oxygen atoms in total. The summed E-state index contributed by atoms with van der Waals surface area (Å²) in [5, 5.41) is 4.01. The number of rotatable bonds is 6. The van der Waals surface area contributed by atoms with Crippen LogP contribution in [0.5, 0.6) is 0 Å². The monoisotopic (exact) mass is 416 g/mol. The number of halogens is 2. The minimum atomic E-state index is 0.361. The van der Waals surface area contributed by atoms with E-state index in [1.54, 1.807) is 6.20 Å². The zero-order valence-electron chi connectivity index (χ0n) is 12.0. The molecule has 0 saturated heterocycles. The second-order valence-electron chi connectivity index (χ2n) is 5.43. The second-order valence-corrected chi connectivity index (χ2v) is 7.20. The van der Waals surface area contributed by atoms with Gasteiger partial charge in [0.1, 0.15) is 5.69 Å². The van der Waals surface area contributed by atoms with Gasteiger partial charge in [0.05, 0.1) is 0 Å². The van der Waals surface area contributed by atoms with Crippen molar-refractivity contribution >= 4 is 31.9 Å². The minimum Gasteiger partial charge on any atom is -0.339 e. The van der Waals surface area contributed by atoms with E-state index in [2.05, 4.69) is 60.8 Å². The van der Waals surface area contributed by atoms with Crippen LogP contribution >= 0.6 is 31.9 Å². The third-order valence-electron chi connectivity index (χ3n) is 3.09. The van der Waals surface area contributed by atoms with Gasteiger partial charge in [-0.2, -0.15) is 4.98 Å². The van der Waals surface area contributed by atoms with E-state index in [4.69, 9.17) is 10.3 Å². The van der Waals surface area contributed by atoms with Gasteiger partial charge in [0.2, 0.25) is 11.7 Å². The van der Waals surface area contributed by atoms with Crippen molar-refractivity contribution in [1.82, 2.24) is 15.1 Å². The Morgan fingerprint density at radius 3 is 2.71 bits per heavy atom. The van der Waals surface area contributed by atoms with Crippen LogP contribution in [0.3, 0.4) is 0 Å². The van der Waals surface area contributed by atoms with E-state index in [0.717, 1.165) is 15.4 Å². The number of nitrogens with zero attached hydrogens (tertiary/aromatic N) is 3. The third-order valence-corrected chi connectivity index (χ3v) is 4.13. The summed E-state index contributed by atoms with van der Waals surface area (Å²) < 4.78 is 7.04.